The maximum absolute atomic E-state index is 14.2. The topological polar surface area (TPSA) is 101 Å². The van der Waals surface area contributed by atoms with Crippen molar-refractivity contribution in [1.82, 2.24) is 0 Å². The van der Waals surface area contributed by atoms with Crippen LogP contribution >= 0.6 is 0 Å². The van der Waals surface area contributed by atoms with Crippen LogP contribution in [0.4, 0.5) is 13.2 Å². The number of hydrogen-bond acceptors (Lipinski definition) is 8. The molecular weight excluding hydrogens is 525 g/mol. The lowest BCUT2D eigenvalue weighted by Gasteiger charge is -2.22. The Morgan fingerprint density at radius 3 is 2.13 bits per heavy atom. The number of halogens is 3. The van der Waals surface area contributed by atoms with Crippen molar-refractivity contribution < 1.29 is 51.6 Å². The smallest absolute Gasteiger partial charge is 0.423 e. The van der Waals surface area contributed by atoms with Crippen molar-refractivity contribution in [2.24, 2.45) is 0 Å². The summed E-state index contributed by atoms with van der Waals surface area (Å²) >= 11 is 0. The number of aryl methyl sites for hydroxylation is 1. The maximum atomic E-state index is 14.2. The van der Waals surface area contributed by atoms with Crippen LogP contribution in [0.25, 0.3) is 0 Å². The van der Waals surface area contributed by atoms with E-state index >= 15 is 0 Å². The number of phenolic OH excluding ortho intramolecular Hbond substituents is 1. The lowest BCUT2D eigenvalue weighted by atomic mass is 9.95. The number of benzene rings is 2. The van der Waals surface area contributed by atoms with Gasteiger partial charge in [-0.1, -0.05) is 19.6 Å². The van der Waals surface area contributed by atoms with Crippen molar-refractivity contribution in [2.75, 3.05) is 27.6 Å². The molecule has 0 atom stereocenters. The van der Waals surface area contributed by atoms with Gasteiger partial charge in [0, 0.05) is 21.3 Å². The first-order valence-electron chi connectivity index (χ1n) is 11.7. The minimum atomic E-state index is -5.16. The Morgan fingerprint density at radius 1 is 0.974 bits per heavy atom. The fraction of sp³-hybridized carbons (Fsp3) is 0.462. The van der Waals surface area contributed by atoms with E-state index in [1.54, 1.807) is 0 Å². The molecule has 1 N–H and O–H groups in total. The highest BCUT2D eigenvalue weighted by Crippen LogP contribution is 2.48. The van der Waals surface area contributed by atoms with Crippen molar-refractivity contribution >= 4 is 20.0 Å². The fourth-order valence-electron chi connectivity index (χ4n) is 3.62. The van der Waals surface area contributed by atoms with Crippen LogP contribution in [0.5, 0.6) is 23.0 Å². The van der Waals surface area contributed by atoms with Crippen LogP contribution in [-0.4, -0.2) is 52.7 Å². The molecule has 0 aliphatic carbocycles. The number of carbonyl (C=O) groups excluding carboxylic acids is 2. The van der Waals surface area contributed by atoms with E-state index in [1.807, 2.05) is 0 Å². The third-order valence-corrected chi connectivity index (χ3v) is 7.49. The summed E-state index contributed by atoms with van der Waals surface area (Å²) in [5, 5.41) is 10.6. The Labute approximate surface area is 220 Å². The van der Waals surface area contributed by atoms with Crippen LogP contribution in [-0.2, 0) is 15.7 Å². The Hall–Kier alpha value is -3.25. The van der Waals surface area contributed by atoms with Gasteiger partial charge in [0.1, 0.15) is 39.7 Å². The standard InChI is InChI=1S/C26H33F3O8Si/c1-14-11-17(36-13-33-4)12-18(34-5)19(14)25(32)37-23-16(3)15(2)20(22(30)21(23)26(27,28)29)24(31)35-9-10-38(6,7)8/h11-12,30H,9-10,13H2,1-8H3. The lowest BCUT2D eigenvalue weighted by Crippen LogP contribution is -2.23. The second-order valence-electron chi connectivity index (χ2n) is 9.88. The Bertz CT molecular complexity index is 1200. The zero-order valence-corrected chi connectivity index (χ0v) is 23.7. The van der Waals surface area contributed by atoms with Crippen molar-refractivity contribution in [1.29, 1.82) is 0 Å². The van der Waals surface area contributed by atoms with E-state index < -0.39 is 48.8 Å². The summed E-state index contributed by atoms with van der Waals surface area (Å²) in [5.41, 5.74) is -2.28. The first kappa shape index (κ1) is 31.0. The number of esters is 2. The second-order valence-corrected chi connectivity index (χ2v) is 15.5. The molecule has 0 fully saturated rings. The number of methoxy groups -OCH3 is 2. The minimum absolute atomic E-state index is 0.00384. The molecule has 8 nitrogen and oxygen atoms in total. The number of rotatable bonds is 10. The molecule has 0 aliphatic heterocycles. The predicted octanol–water partition coefficient (Wildman–Crippen LogP) is 6.04. The zero-order chi connectivity index (χ0) is 29.0. The van der Waals surface area contributed by atoms with Crippen molar-refractivity contribution in [3.8, 4) is 23.0 Å². The van der Waals surface area contributed by atoms with E-state index in [0.29, 0.717) is 17.4 Å². The van der Waals surface area contributed by atoms with E-state index in [1.165, 1.54) is 47.1 Å². The molecule has 2 rings (SSSR count). The Balaban J connectivity index is 2.57. The third-order valence-electron chi connectivity index (χ3n) is 5.79. The van der Waals surface area contributed by atoms with Gasteiger partial charge in [0.05, 0.1) is 13.7 Å². The van der Waals surface area contributed by atoms with E-state index in [4.69, 9.17) is 23.7 Å². The van der Waals surface area contributed by atoms with Crippen LogP contribution < -0.4 is 14.2 Å². The molecule has 0 spiro atoms. The summed E-state index contributed by atoms with van der Waals surface area (Å²) in [6.07, 6.45) is -5.16. The zero-order valence-electron chi connectivity index (χ0n) is 22.7. The van der Waals surface area contributed by atoms with Gasteiger partial charge < -0.3 is 28.8 Å². The lowest BCUT2D eigenvalue weighted by molar-refractivity contribution is -0.139. The van der Waals surface area contributed by atoms with Gasteiger partial charge in [-0.15, -0.1) is 0 Å². The number of ether oxygens (including phenoxy) is 5. The minimum Gasteiger partial charge on any atom is -0.506 e. The van der Waals surface area contributed by atoms with Crippen molar-refractivity contribution in [3.05, 3.63) is 45.5 Å². The highest BCUT2D eigenvalue weighted by molar-refractivity contribution is 6.76. The van der Waals surface area contributed by atoms with Gasteiger partial charge in [-0.3, -0.25) is 0 Å². The molecule has 0 aliphatic rings. The summed E-state index contributed by atoms with van der Waals surface area (Å²) in [6.45, 7) is 10.2. The summed E-state index contributed by atoms with van der Waals surface area (Å²) in [5.74, 6) is -4.23. The molecule has 0 aromatic heterocycles. The number of alkyl halides is 3. The van der Waals surface area contributed by atoms with Gasteiger partial charge in [-0.05, 0) is 49.6 Å². The summed E-state index contributed by atoms with van der Waals surface area (Å²) in [6, 6.07) is 3.43. The Morgan fingerprint density at radius 2 is 1.61 bits per heavy atom. The molecule has 38 heavy (non-hydrogen) atoms. The van der Waals surface area contributed by atoms with E-state index in [-0.39, 0.29) is 35.8 Å². The highest BCUT2D eigenvalue weighted by Gasteiger charge is 2.43. The molecule has 0 unspecified atom stereocenters. The fourth-order valence-corrected chi connectivity index (χ4v) is 4.33. The molecule has 2 aromatic carbocycles. The molecule has 0 saturated carbocycles. The molecule has 2 aromatic rings. The quantitative estimate of drug-likeness (QED) is 0.163. The number of aromatic hydroxyl groups is 1. The molecule has 0 amide bonds. The average molecular weight is 559 g/mol. The SMILES string of the molecule is COCOc1cc(C)c(C(=O)Oc2c(C)c(C)c(C(=O)OCC[Si](C)(C)C)c(O)c2C(F)(F)F)c(OC)c1. The monoisotopic (exact) mass is 558 g/mol. The van der Waals surface area contributed by atoms with Crippen LogP contribution in [0.1, 0.15) is 43.0 Å². The molecule has 12 heteroatoms. The Kier molecular flexibility index (Phi) is 9.84. The van der Waals surface area contributed by atoms with Gasteiger partial charge in [0.2, 0.25) is 0 Å². The third kappa shape index (κ3) is 7.19. The summed E-state index contributed by atoms with van der Waals surface area (Å²) in [7, 11) is 1.11. The van der Waals surface area contributed by atoms with Gasteiger partial charge in [0.15, 0.2) is 6.79 Å². The molecule has 0 bridgehead atoms. The maximum Gasteiger partial charge on any atom is 0.423 e. The molecule has 0 heterocycles. The number of hydrogen-bond donors (Lipinski definition) is 1. The molecule has 0 radical (unpaired) electrons. The van der Waals surface area contributed by atoms with E-state index in [9.17, 15) is 27.9 Å². The van der Waals surface area contributed by atoms with Gasteiger partial charge in [-0.2, -0.15) is 13.2 Å². The largest absolute Gasteiger partial charge is 0.506 e. The van der Waals surface area contributed by atoms with E-state index in [2.05, 4.69) is 19.6 Å². The van der Waals surface area contributed by atoms with Gasteiger partial charge >= 0.3 is 18.1 Å². The summed E-state index contributed by atoms with van der Waals surface area (Å²) in [4.78, 5) is 25.9. The average Bonchev–Trinajstić information content (AvgIpc) is 2.78. The molecule has 0 saturated heterocycles. The van der Waals surface area contributed by atoms with Crippen LogP contribution in [0.15, 0.2) is 12.1 Å². The van der Waals surface area contributed by atoms with Crippen LogP contribution in [0.2, 0.25) is 25.7 Å². The first-order valence-corrected chi connectivity index (χ1v) is 15.4. The normalized spacial score (nSPS) is 11.8. The van der Waals surface area contributed by atoms with Gasteiger partial charge in [0.25, 0.3) is 0 Å². The summed E-state index contributed by atoms with van der Waals surface area (Å²) < 4.78 is 68.4. The predicted molar refractivity (Wildman–Crippen MR) is 136 cm³/mol. The number of phenols is 1. The van der Waals surface area contributed by atoms with E-state index in [0.717, 1.165) is 0 Å². The first-order chi connectivity index (χ1) is 17.5. The van der Waals surface area contributed by atoms with Crippen molar-refractivity contribution in [3.63, 3.8) is 0 Å². The van der Waals surface area contributed by atoms with Crippen molar-refractivity contribution in [2.45, 2.75) is 52.6 Å². The number of carbonyl (C=O) groups is 2. The van der Waals surface area contributed by atoms with Crippen LogP contribution in [0, 0.1) is 20.8 Å². The molecular formula is C26H33F3O8Si. The van der Waals surface area contributed by atoms with Gasteiger partial charge in [-0.25, -0.2) is 9.59 Å². The highest BCUT2D eigenvalue weighted by atomic mass is 28.3. The molecule has 210 valence electrons. The second kappa shape index (κ2) is 12.1. The van der Waals surface area contributed by atoms with Crippen LogP contribution in [0.3, 0.4) is 0 Å².